The Morgan fingerprint density at radius 1 is 1.26 bits per heavy atom. The summed E-state index contributed by atoms with van der Waals surface area (Å²) >= 11 is 0. The molecule has 0 spiro atoms. The maximum absolute atomic E-state index is 13.5. The first kappa shape index (κ1) is 16.4. The Bertz CT molecular complexity index is 523. The van der Waals surface area contributed by atoms with E-state index < -0.39 is 0 Å². The highest BCUT2D eigenvalue weighted by Gasteiger charge is 2.28. The number of nitrogens with one attached hydrogen (secondary N) is 2. The Morgan fingerprint density at radius 3 is 2.74 bits per heavy atom. The Labute approximate surface area is 137 Å². The number of hydrogen-bond donors (Lipinski definition) is 2. The maximum atomic E-state index is 13.5. The fourth-order valence-electron chi connectivity index (χ4n) is 3.73. The third kappa shape index (κ3) is 4.52. The summed E-state index contributed by atoms with van der Waals surface area (Å²) in [6.45, 7) is 4.05. The molecule has 1 unspecified atom stereocenters. The maximum Gasteiger partial charge on any atom is 0.225 e. The van der Waals surface area contributed by atoms with Gasteiger partial charge in [0.2, 0.25) is 5.91 Å². The number of rotatable bonds is 5. The fourth-order valence-corrected chi connectivity index (χ4v) is 3.73. The quantitative estimate of drug-likeness (QED) is 0.877. The van der Waals surface area contributed by atoms with Gasteiger partial charge in [-0.05, 0) is 63.4 Å². The van der Waals surface area contributed by atoms with Crippen LogP contribution in [0.5, 0.6) is 0 Å². The molecule has 0 radical (unpaired) electrons. The topological polar surface area (TPSA) is 44.4 Å². The minimum Gasteiger partial charge on any atom is -0.324 e. The first-order chi connectivity index (χ1) is 11.2. The van der Waals surface area contributed by atoms with E-state index in [1.54, 1.807) is 18.2 Å². The molecule has 0 aliphatic carbocycles. The normalized spacial score (nSPS) is 23.1. The van der Waals surface area contributed by atoms with Gasteiger partial charge in [0.1, 0.15) is 5.82 Å². The summed E-state index contributed by atoms with van der Waals surface area (Å²) in [5, 5.41) is 6.26. The lowest BCUT2D eigenvalue weighted by atomic mass is 9.88. The fraction of sp³-hybridized carbons (Fsp3) is 0.611. The molecule has 0 saturated carbocycles. The van der Waals surface area contributed by atoms with Crippen molar-refractivity contribution in [3.8, 4) is 0 Å². The molecule has 5 heteroatoms. The highest BCUT2D eigenvalue weighted by molar-refractivity contribution is 5.90. The molecule has 2 saturated heterocycles. The third-order valence-corrected chi connectivity index (χ3v) is 5.10. The van der Waals surface area contributed by atoms with Gasteiger partial charge >= 0.3 is 0 Å². The van der Waals surface area contributed by atoms with E-state index in [1.165, 1.54) is 38.3 Å². The molecule has 0 bridgehead atoms. The zero-order chi connectivity index (χ0) is 16.1. The van der Waals surface area contributed by atoms with Crippen molar-refractivity contribution in [2.75, 3.05) is 31.5 Å². The van der Waals surface area contributed by atoms with E-state index in [-0.39, 0.29) is 17.4 Å². The highest BCUT2D eigenvalue weighted by Crippen LogP contribution is 2.25. The number of halogens is 1. The number of likely N-dealkylation sites (tertiary alicyclic amines) is 1. The van der Waals surface area contributed by atoms with Gasteiger partial charge in [0, 0.05) is 19.0 Å². The zero-order valence-electron chi connectivity index (χ0n) is 13.6. The minimum atomic E-state index is -0.384. The molecule has 126 valence electrons. The largest absolute Gasteiger partial charge is 0.324 e. The van der Waals surface area contributed by atoms with Gasteiger partial charge in [-0.3, -0.25) is 4.79 Å². The van der Waals surface area contributed by atoms with E-state index in [0.717, 1.165) is 25.6 Å². The number of hydrogen-bond acceptors (Lipinski definition) is 3. The summed E-state index contributed by atoms with van der Waals surface area (Å²) in [5.74, 6) is 0.293. The Morgan fingerprint density at radius 2 is 2.04 bits per heavy atom. The van der Waals surface area contributed by atoms with Crippen molar-refractivity contribution in [3.63, 3.8) is 0 Å². The average molecular weight is 319 g/mol. The molecular formula is C18H26FN3O. The van der Waals surface area contributed by atoms with Crippen molar-refractivity contribution in [2.24, 2.45) is 5.92 Å². The predicted molar refractivity (Wildman–Crippen MR) is 89.8 cm³/mol. The molecule has 2 fully saturated rings. The third-order valence-electron chi connectivity index (χ3n) is 5.10. The molecule has 2 aliphatic rings. The van der Waals surface area contributed by atoms with Crippen molar-refractivity contribution in [1.29, 1.82) is 0 Å². The van der Waals surface area contributed by atoms with Gasteiger partial charge in [-0.1, -0.05) is 12.1 Å². The second-order valence-corrected chi connectivity index (χ2v) is 6.66. The van der Waals surface area contributed by atoms with Gasteiger partial charge in [0.25, 0.3) is 0 Å². The van der Waals surface area contributed by atoms with E-state index in [1.807, 2.05) is 0 Å². The van der Waals surface area contributed by atoms with Gasteiger partial charge in [0.05, 0.1) is 5.69 Å². The molecule has 1 amide bonds. The van der Waals surface area contributed by atoms with E-state index in [0.29, 0.717) is 12.5 Å². The summed E-state index contributed by atoms with van der Waals surface area (Å²) in [4.78, 5) is 14.3. The summed E-state index contributed by atoms with van der Waals surface area (Å²) in [6.07, 6.45) is 5.47. The van der Waals surface area contributed by atoms with Gasteiger partial charge in [-0.25, -0.2) is 4.39 Å². The molecule has 3 rings (SSSR count). The zero-order valence-corrected chi connectivity index (χ0v) is 13.6. The van der Waals surface area contributed by atoms with Crippen LogP contribution in [0.15, 0.2) is 24.3 Å². The van der Waals surface area contributed by atoms with Crippen molar-refractivity contribution in [3.05, 3.63) is 30.1 Å². The lowest BCUT2D eigenvalue weighted by Crippen LogP contribution is -2.41. The molecule has 4 nitrogen and oxygen atoms in total. The number of nitrogens with zero attached hydrogens (tertiary/aromatic N) is 1. The second kappa shape index (κ2) is 7.88. The first-order valence-corrected chi connectivity index (χ1v) is 8.72. The van der Waals surface area contributed by atoms with Crippen LogP contribution >= 0.6 is 0 Å². The van der Waals surface area contributed by atoms with Crippen LogP contribution in [0.25, 0.3) is 0 Å². The summed E-state index contributed by atoms with van der Waals surface area (Å²) in [7, 11) is 0. The Kier molecular flexibility index (Phi) is 5.62. The van der Waals surface area contributed by atoms with Crippen LogP contribution in [0.2, 0.25) is 0 Å². The van der Waals surface area contributed by atoms with Gasteiger partial charge in [-0.15, -0.1) is 0 Å². The van der Waals surface area contributed by atoms with Crippen LogP contribution in [0.4, 0.5) is 10.1 Å². The number of carbonyl (C=O) groups excluding carboxylic acids is 1. The Balaban J connectivity index is 1.38. The minimum absolute atomic E-state index is 0.116. The molecule has 2 heterocycles. The van der Waals surface area contributed by atoms with Crippen LogP contribution in [0, 0.1) is 11.7 Å². The number of amides is 1. The van der Waals surface area contributed by atoms with Crippen molar-refractivity contribution in [1.82, 2.24) is 10.2 Å². The standard InChI is InChI=1S/C18H26FN3O/c19-15-4-1-2-5-17(15)21-18(23)9-13-22-11-7-14(8-12-22)16-6-3-10-20-16/h1-2,4-5,14,16,20H,3,6-13H2,(H,21,23). The molecule has 23 heavy (non-hydrogen) atoms. The molecule has 1 aromatic carbocycles. The van der Waals surface area contributed by atoms with Crippen molar-refractivity contribution >= 4 is 11.6 Å². The van der Waals surface area contributed by atoms with Crippen LogP contribution in [0.3, 0.4) is 0 Å². The molecule has 2 aliphatic heterocycles. The number of anilines is 1. The van der Waals surface area contributed by atoms with E-state index in [9.17, 15) is 9.18 Å². The molecule has 1 atom stereocenters. The SMILES string of the molecule is O=C(CCN1CCC(C2CCCN2)CC1)Nc1ccccc1F. The first-order valence-electron chi connectivity index (χ1n) is 8.72. The van der Waals surface area contributed by atoms with Crippen molar-refractivity contribution in [2.45, 2.75) is 38.1 Å². The molecule has 2 N–H and O–H groups in total. The summed E-state index contributed by atoms with van der Waals surface area (Å²) in [6, 6.07) is 7.00. The lowest BCUT2D eigenvalue weighted by Gasteiger charge is -2.34. The molecular weight excluding hydrogens is 293 g/mol. The Hall–Kier alpha value is -1.46. The van der Waals surface area contributed by atoms with Crippen molar-refractivity contribution < 1.29 is 9.18 Å². The summed E-state index contributed by atoms with van der Waals surface area (Å²) in [5.41, 5.74) is 0.267. The summed E-state index contributed by atoms with van der Waals surface area (Å²) < 4.78 is 13.5. The van der Waals surface area contributed by atoms with E-state index in [2.05, 4.69) is 15.5 Å². The average Bonchev–Trinajstić information content (AvgIpc) is 3.10. The van der Waals surface area contributed by atoms with Crippen LogP contribution in [-0.2, 0) is 4.79 Å². The van der Waals surface area contributed by atoms with Gasteiger partial charge in [-0.2, -0.15) is 0 Å². The number of carbonyl (C=O) groups is 1. The van der Waals surface area contributed by atoms with Gasteiger partial charge < -0.3 is 15.5 Å². The monoisotopic (exact) mass is 319 g/mol. The van der Waals surface area contributed by atoms with E-state index >= 15 is 0 Å². The predicted octanol–water partition coefficient (Wildman–Crippen LogP) is 2.62. The second-order valence-electron chi connectivity index (χ2n) is 6.66. The number of para-hydroxylation sites is 1. The van der Waals surface area contributed by atoms with E-state index in [4.69, 9.17) is 0 Å². The smallest absolute Gasteiger partial charge is 0.225 e. The lowest BCUT2D eigenvalue weighted by molar-refractivity contribution is -0.116. The van der Waals surface area contributed by atoms with Crippen LogP contribution in [0.1, 0.15) is 32.1 Å². The molecule has 1 aromatic rings. The van der Waals surface area contributed by atoms with Gasteiger partial charge in [0.15, 0.2) is 0 Å². The highest BCUT2D eigenvalue weighted by atomic mass is 19.1. The number of benzene rings is 1. The number of piperidine rings is 1. The van der Waals surface area contributed by atoms with Crippen LogP contribution in [-0.4, -0.2) is 43.0 Å². The molecule has 0 aromatic heterocycles. The van der Waals surface area contributed by atoms with Crippen LogP contribution < -0.4 is 10.6 Å².